The largest absolute Gasteiger partial charge is 0.497 e. The number of carbonyl (C=O) groups excluding carboxylic acids is 1. The predicted molar refractivity (Wildman–Crippen MR) is 102 cm³/mol. The number of nitrogens with zero attached hydrogens (tertiary/aromatic N) is 1. The lowest BCUT2D eigenvalue weighted by molar-refractivity contribution is -0.135. The zero-order valence-corrected chi connectivity index (χ0v) is 16.1. The number of likely N-dealkylation sites (N-methyl/N-ethyl adjacent to an activating group) is 1. The van der Waals surface area contributed by atoms with E-state index < -0.39 is 0 Å². The van der Waals surface area contributed by atoms with Gasteiger partial charge in [-0.05, 0) is 56.2 Å². The van der Waals surface area contributed by atoms with Gasteiger partial charge in [0.1, 0.15) is 5.75 Å². The van der Waals surface area contributed by atoms with Gasteiger partial charge in [0, 0.05) is 6.54 Å². The first kappa shape index (κ1) is 19.6. The Hall–Kier alpha value is -2.69. The summed E-state index contributed by atoms with van der Waals surface area (Å²) in [6.07, 6.45) is 0. The lowest BCUT2D eigenvalue weighted by Crippen LogP contribution is -2.36. The molecule has 0 fully saturated rings. The minimum Gasteiger partial charge on any atom is -0.497 e. The van der Waals surface area contributed by atoms with Gasteiger partial charge in [-0.15, -0.1) is 0 Å². The van der Waals surface area contributed by atoms with E-state index >= 15 is 0 Å². The van der Waals surface area contributed by atoms with Crippen molar-refractivity contribution < 1.29 is 19.0 Å². The van der Waals surface area contributed by atoms with Gasteiger partial charge in [-0.3, -0.25) is 4.79 Å². The number of benzene rings is 2. The second-order valence-corrected chi connectivity index (χ2v) is 6.08. The van der Waals surface area contributed by atoms with Gasteiger partial charge in [-0.25, -0.2) is 0 Å². The topological polar surface area (TPSA) is 48.0 Å². The van der Waals surface area contributed by atoms with Gasteiger partial charge >= 0.3 is 0 Å². The van der Waals surface area contributed by atoms with Crippen LogP contribution in [0.5, 0.6) is 17.2 Å². The van der Waals surface area contributed by atoms with Crippen LogP contribution in [0.4, 0.5) is 0 Å². The van der Waals surface area contributed by atoms with Crippen LogP contribution in [0.15, 0.2) is 42.5 Å². The standard InChI is InChI=1S/C21H27NO4/c1-6-22(16(3)17-8-7-9-18(13-17)24-4)21(23)14-26-19-11-10-15(2)12-20(19)25-5/h7-13,16H,6,14H2,1-5H3. The molecule has 5 heteroatoms. The molecule has 0 aliphatic heterocycles. The first-order valence-electron chi connectivity index (χ1n) is 8.71. The fourth-order valence-corrected chi connectivity index (χ4v) is 2.86. The Labute approximate surface area is 155 Å². The molecule has 2 aromatic carbocycles. The van der Waals surface area contributed by atoms with Gasteiger partial charge in [-0.2, -0.15) is 0 Å². The Kier molecular flexibility index (Phi) is 6.89. The number of carbonyl (C=O) groups is 1. The summed E-state index contributed by atoms with van der Waals surface area (Å²) in [7, 11) is 3.22. The van der Waals surface area contributed by atoms with Crippen LogP contribution in [0.25, 0.3) is 0 Å². The van der Waals surface area contributed by atoms with Crippen LogP contribution in [0.3, 0.4) is 0 Å². The van der Waals surface area contributed by atoms with E-state index in [2.05, 4.69) is 0 Å². The molecule has 0 saturated heterocycles. The Morgan fingerprint density at radius 3 is 2.50 bits per heavy atom. The van der Waals surface area contributed by atoms with Crippen LogP contribution in [0, 0.1) is 6.92 Å². The number of rotatable bonds is 8. The summed E-state index contributed by atoms with van der Waals surface area (Å²) in [6, 6.07) is 13.3. The van der Waals surface area contributed by atoms with Crippen molar-refractivity contribution in [3.63, 3.8) is 0 Å². The molecule has 0 spiro atoms. The number of methoxy groups -OCH3 is 2. The highest BCUT2D eigenvalue weighted by Crippen LogP contribution is 2.28. The predicted octanol–water partition coefficient (Wildman–Crippen LogP) is 4.00. The average Bonchev–Trinajstić information content (AvgIpc) is 2.67. The van der Waals surface area contributed by atoms with E-state index in [-0.39, 0.29) is 18.6 Å². The molecule has 0 saturated carbocycles. The van der Waals surface area contributed by atoms with Gasteiger partial charge in [-0.1, -0.05) is 18.2 Å². The van der Waals surface area contributed by atoms with E-state index in [0.29, 0.717) is 18.0 Å². The minimum atomic E-state index is -0.0783. The maximum atomic E-state index is 12.7. The second-order valence-electron chi connectivity index (χ2n) is 6.08. The molecule has 0 radical (unpaired) electrons. The summed E-state index contributed by atoms with van der Waals surface area (Å²) in [4.78, 5) is 14.5. The summed E-state index contributed by atoms with van der Waals surface area (Å²) in [5.41, 5.74) is 2.09. The van der Waals surface area contributed by atoms with Gasteiger partial charge in [0.2, 0.25) is 0 Å². The highest BCUT2D eigenvalue weighted by Gasteiger charge is 2.21. The molecule has 140 valence electrons. The van der Waals surface area contributed by atoms with E-state index in [9.17, 15) is 4.79 Å². The maximum Gasteiger partial charge on any atom is 0.261 e. The smallest absolute Gasteiger partial charge is 0.261 e. The van der Waals surface area contributed by atoms with Crippen LogP contribution in [0.2, 0.25) is 0 Å². The normalized spacial score (nSPS) is 11.6. The van der Waals surface area contributed by atoms with E-state index in [0.717, 1.165) is 16.9 Å². The quantitative estimate of drug-likeness (QED) is 0.716. The third-order valence-electron chi connectivity index (χ3n) is 4.38. The van der Waals surface area contributed by atoms with Crippen molar-refractivity contribution in [1.29, 1.82) is 0 Å². The van der Waals surface area contributed by atoms with Crippen molar-refractivity contribution in [2.75, 3.05) is 27.4 Å². The Morgan fingerprint density at radius 2 is 1.85 bits per heavy atom. The van der Waals surface area contributed by atoms with Gasteiger partial charge < -0.3 is 19.1 Å². The van der Waals surface area contributed by atoms with Crippen molar-refractivity contribution in [3.8, 4) is 17.2 Å². The molecule has 0 bridgehead atoms. The van der Waals surface area contributed by atoms with Crippen LogP contribution in [-0.4, -0.2) is 38.2 Å². The molecule has 1 atom stereocenters. The summed E-state index contributed by atoms with van der Waals surface area (Å²) in [5.74, 6) is 1.89. The third-order valence-corrected chi connectivity index (χ3v) is 4.38. The molecule has 0 N–H and O–H groups in total. The SMILES string of the molecule is CCN(C(=O)COc1ccc(C)cc1OC)C(C)c1cccc(OC)c1. The van der Waals surface area contributed by atoms with Crippen LogP contribution in [0.1, 0.15) is 31.0 Å². The summed E-state index contributed by atoms with van der Waals surface area (Å²) in [6.45, 7) is 6.49. The number of aryl methyl sites for hydroxylation is 1. The summed E-state index contributed by atoms with van der Waals surface area (Å²) < 4.78 is 16.3. The molecule has 2 aromatic rings. The van der Waals surface area contributed by atoms with Crippen molar-refractivity contribution in [2.24, 2.45) is 0 Å². The molecule has 5 nitrogen and oxygen atoms in total. The maximum absolute atomic E-state index is 12.7. The molecule has 0 aliphatic carbocycles. The molecule has 0 heterocycles. The number of hydrogen-bond donors (Lipinski definition) is 0. The Bertz CT molecular complexity index is 745. The molecule has 0 aliphatic rings. The van der Waals surface area contributed by atoms with Gasteiger partial charge in [0.05, 0.1) is 20.3 Å². The highest BCUT2D eigenvalue weighted by molar-refractivity contribution is 5.78. The molecule has 26 heavy (non-hydrogen) atoms. The number of hydrogen-bond acceptors (Lipinski definition) is 4. The van der Waals surface area contributed by atoms with Crippen LogP contribution < -0.4 is 14.2 Å². The lowest BCUT2D eigenvalue weighted by atomic mass is 10.1. The molecular formula is C21H27NO4. The zero-order valence-electron chi connectivity index (χ0n) is 16.1. The molecule has 1 unspecified atom stereocenters. The molecule has 0 aromatic heterocycles. The van der Waals surface area contributed by atoms with Crippen molar-refractivity contribution in [3.05, 3.63) is 53.6 Å². The van der Waals surface area contributed by atoms with Crippen molar-refractivity contribution in [2.45, 2.75) is 26.8 Å². The number of amides is 1. The molecule has 1 amide bonds. The van der Waals surface area contributed by atoms with Gasteiger partial charge in [0.25, 0.3) is 5.91 Å². The molecule has 2 rings (SSSR count). The Balaban J connectivity index is 2.08. The molecular weight excluding hydrogens is 330 g/mol. The lowest BCUT2D eigenvalue weighted by Gasteiger charge is -2.28. The Morgan fingerprint density at radius 1 is 1.08 bits per heavy atom. The van der Waals surface area contributed by atoms with Crippen molar-refractivity contribution >= 4 is 5.91 Å². The monoisotopic (exact) mass is 357 g/mol. The summed E-state index contributed by atoms with van der Waals surface area (Å²) in [5, 5.41) is 0. The second kappa shape index (κ2) is 9.13. The third kappa shape index (κ3) is 4.69. The van der Waals surface area contributed by atoms with Crippen LogP contribution >= 0.6 is 0 Å². The fourth-order valence-electron chi connectivity index (χ4n) is 2.86. The van der Waals surface area contributed by atoms with Crippen molar-refractivity contribution in [1.82, 2.24) is 4.90 Å². The van der Waals surface area contributed by atoms with E-state index in [1.165, 1.54) is 0 Å². The first-order valence-corrected chi connectivity index (χ1v) is 8.71. The average molecular weight is 357 g/mol. The summed E-state index contributed by atoms with van der Waals surface area (Å²) >= 11 is 0. The van der Waals surface area contributed by atoms with Gasteiger partial charge in [0.15, 0.2) is 18.1 Å². The number of ether oxygens (including phenoxy) is 3. The minimum absolute atomic E-state index is 0.0401. The van der Waals surface area contributed by atoms with E-state index in [1.54, 1.807) is 19.1 Å². The van der Waals surface area contributed by atoms with E-state index in [1.807, 2.05) is 63.2 Å². The van der Waals surface area contributed by atoms with E-state index in [4.69, 9.17) is 14.2 Å². The first-order chi connectivity index (χ1) is 12.5. The highest BCUT2D eigenvalue weighted by atomic mass is 16.5. The van der Waals surface area contributed by atoms with Crippen LogP contribution in [-0.2, 0) is 4.79 Å². The zero-order chi connectivity index (χ0) is 19.1. The fraction of sp³-hybridized carbons (Fsp3) is 0.381.